The molecule has 0 aromatic heterocycles. The van der Waals surface area contributed by atoms with Gasteiger partial charge < -0.3 is 5.91 Å². The minimum Gasteiger partial charge on any atom is -1.00 e. The first kappa shape index (κ1) is 14.9. The summed E-state index contributed by atoms with van der Waals surface area (Å²) >= 11 is 0. The summed E-state index contributed by atoms with van der Waals surface area (Å²) in [5.74, 6) is -0.0964. The molecular weight excluding hydrogens is 213 g/mol. The summed E-state index contributed by atoms with van der Waals surface area (Å²) < 4.78 is 30.4. The van der Waals surface area contributed by atoms with Gasteiger partial charge in [-0.15, -0.1) is 0 Å². The van der Waals surface area contributed by atoms with Crippen molar-refractivity contribution in [3.63, 3.8) is 0 Å². The predicted octanol–water partition coefficient (Wildman–Crippen LogP) is -2.38. The molecule has 0 amide bonds. The van der Waals surface area contributed by atoms with E-state index in [1.807, 2.05) is 0 Å². The molecule has 0 aliphatic carbocycles. The van der Waals surface area contributed by atoms with Crippen molar-refractivity contribution in [2.24, 2.45) is 0 Å². The smallest absolute Gasteiger partial charge is 1.00 e. The van der Waals surface area contributed by atoms with Crippen molar-refractivity contribution in [2.45, 2.75) is 19.3 Å². The number of hydrogen-bond donors (Lipinski definition) is 1. The summed E-state index contributed by atoms with van der Waals surface area (Å²) in [6.45, 7) is 3.15. The molecular formula is C8H19NNaO3S+. The largest absolute Gasteiger partial charge is 1.00 e. The van der Waals surface area contributed by atoms with Gasteiger partial charge in [0.25, 0.3) is 10.1 Å². The zero-order chi connectivity index (χ0) is 9.95. The van der Waals surface area contributed by atoms with Crippen LogP contribution in [0.4, 0.5) is 0 Å². The minimum atomic E-state index is -3.75. The molecule has 1 aliphatic rings. The second kappa shape index (κ2) is 5.82. The molecule has 1 N–H and O–H groups in total. The molecule has 0 unspecified atom stereocenters. The SMILES string of the molecule is C[N+]1(CCCS(=O)(=O)O)CCCC1.[H-].[Na+]. The van der Waals surface area contributed by atoms with Crippen molar-refractivity contribution in [1.82, 2.24) is 0 Å². The summed E-state index contributed by atoms with van der Waals surface area (Å²) in [4.78, 5) is 0. The Hall–Kier alpha value is 0.870. The first-order valence-electron chi connectivity index (χ1n) is 4.70. The van der Waals surface area contributed by atoms with Crippen molar-refractivity contribution in [2.75, 3.05) is 32.4 Å². The molecule has 0 spiro atoms. The first-order valence-corrected chi connectivity index (χ1v) is 6.31. The third-order valence-corrected chi connectivity index (χ3v) is 3.55. The van der Waals surface area contributed by atoms with Crippen molar-refractivity contribution >= 4 is 10.1 Å². The molecule has 0 radical (unpaired) electrons. The van der Waals surface area contributed by atoms with Gasteiger partial charge in [0.2, 0.25) is 0 Å². The first-order chi connectivity index (χ1) is 5.91. The molecule has 0 atom stereocenters. The summed E-state index contributed by atoms with van der Waals surface area (Å²) in [6, 6.07) is 0. The third kappa shape index (κ3) is 5.68. The van der Waals surface area contributed by atoms with Crippen LogP contribution in [0.1, 0.15) is 20.7 Å². The Morgan fingerprint density at radius 2 is 1.86 bits per heavy atom. The standard InChI is InChI=1S/C8H17NO3S.Na.H/c1-9(5-2-3-6-9)7-4-8-13(10,11)12;;/h2-8H2,1H3;;/q;+1;-1/p+1. The van der Waals surface area contributed by atoms with Crippen molar-refractivity contribution < 1.29 is 48.4 Å². The fraction of sp³-hybridized carbons (Fsp3) is 1.00. The van der Waals surface area contributed by atoms with E-state index in [2.05, 4.69) is 7.05 Å². The van der Waals surface area contributed by atoms with E-state index in [0.29, 0.717) is 6.42 Å². The Morgan fingerprint density at radius 1 is 1.36 bits per heavy atom. The molecule has 14 heavy (non-hydrogen) atoms. The maximum atomic E-state index is 10.5. The average molecular weight is 232 g/mol. The topological polar surface area (TPSA) is 54.4 Å². The van der Waals surface area contributed by atoms with E-state index in [9.17, 15) is 8.42 Å². The van der Waals surface area contributed by atoms with E-state index in [1.165, 1.54) is 12.8 Å². The van der Waals surface area contributed by atoms with E-state index < -0.39 is 10.1 Å². The van der Waals surface area contributed by atoms with Crippen LogP contribution in [-0.2, 0) is 10.1 Å². The Morgan fingerprint density at radius 3 is 2.29 bits per heavy atom. The van der Waals surface area contributed by atoms with E-state index in [-0.39, 0.29) is 36.7 Å². The van der Waals surface area contributed by atoms with E-state index in [1.54, 1.807) is 0 Å². The Labute approximate surface area is 110 Å². The summed E-state index contributed by atoms with van der Waals surface area (Å²) in [5.41, 5.74) is 0. The van der Waals surface area contributed by atoms with E-state index in [0.717, 1.165) is 24.1 Å². The quantitative estimate of drug-likeness (QED) is 0.335. The van der Waals surface area contributed by atoms with Gasteiger partial charge in [-0.05, 0) is 0 Å². The second-order valence-electron chi connectivity index (χ2n) is 4.14. The van der Waals surface area contributed by atoms with Gasteiger partial charge in [-0.1, -0.05) is 0 Å². The fourth-order valence-electron chi connectivity index (χ4n) is 1.95. The van der Waals surface area contributed by atoms with Gasteiger partial charge in [0.1, 0.15) is 0 Å². The van der Waals surface area contributed by atoms with Crippen molar-refractivity contribution in [3.8, 4) is 0 Å². The molecule has 1 heterocycles. The van der Waals surface area contributed by atoms with Crippen LogP contribution in [0.3, 0.4) is 0 Å². The molecule has 0 aromatic carbocycles. The van der Waals surface area contributed by atoms with E-state index >= 15 is 0 Å². The molecule has 80 valence electrons. The summed E-state index contributed by atoms with van der Waals surface area (Å²) in [6.07, 6.45) is 3.04. The van der Waals surface area contributed by atoms with Gasteiger partial charge in [0.05, 0.1) is 32.4 Å². The minimum absolute atomic E-state index is 0. The molecule has 1 rings (SSSR count). The number of hydrogen-bond acceptors (Lipinski definition) is 2. The Balaban J connectivity index is 0. The Bertz CT molecular complexity index is 265. The summed E-state index contributed by atoms with van der Waals surface area (Å²) in [7, 11) is -1.60. The van der Waals surface area contributed by atoms with Gasteiger partial charge in [0.15, 0.2) is 0 Å². The second-order valence-corrected chi connectivity index (χ2v) is 5.71. The van der Waals surface area contributed by atoms with Crippen LogP contribution < -0.4 is 29.6 Å². The van der Waals surface area contributed by atoms with Crippen LogP contribution in [0, 0.1) is 0 Å². The zero-order valence-electron chi connectivity index (χ0n) is 10.1. The van der Waals surface area contributed by atoms with Crippen LogP contribution in [0.25, 0.3) is 0 Å². The Kier molecular flexibility index (Phi) is 6.18. The van der Waals surface area contributed by atoms with Crippen LogP contribution >= 0.6 is 0 Å². The molecule has 1 aliphatic heterocycles. The van der Waals surface area contributed by atoms with Crippen molar-refractivity contribution in [3.05, 3.63) is 0 Å². The average Bonchev–Trinajstić information content (AvgIpc) is 2.33. The van der Waals surface area contributed by atoms with Gasteiger partial charge >= 0.3 is 29.6 Å². The maximum absolute atomic E-state index is 10.5. The molecule has 0 bridgehead atoms. The van der Waals surface area contributed by atoms with Gasteiger partial charge in [-0.25, -0.2) is 0 Å². The van der Waals surface area contributed by atoms with Gasteiger partial charge in [-0.2, -0.15) is 8.42 Å². The number of nitrogens with zero attached hydrogens (tertiary/aromatic N) is 1. The van der Waals surface area contributed by atoms with Crippen LogP contribution in [0.5, 0.6) is 0 Å². The van der Waals surface area contributed by atoms with Gasteiger partial charge in [-0.3, -0.25) is 4.55 Å². The zero-order valence-corrected chi connectivity index (χ0v) is 11.9. The molecule has 0 saturated carbocycles. The van der Waals surface area contributed by atoms with Crippen LogP contribution in [0.15, 0.2) is 0 Å². The van der Waals surface area contributed by atoms with Crippen molar-refractivity contribution in [1.29, 1.82) is 0 Å². The molecule has 1 fully saturated rings. The molecule has 1 saturated heterocycles. The normalized spacial score (nSPS) is 20.4. The number of rotatable bonds is 4. The van der Waals surface area contributed by atoms with Crippen LogP contribution in [0.2, 0.25) is 0 Å². The number of quaternary nitrogens is 1. The monoisotopic (exact) mass is 232 g/mol. The fourth-order valence-corrected chi connectivity index (χ4v) is 2.45. The van der Waals surface area contributed by atoms with Crippen LogP contribution in [-0.4, -0.2) is 49.9 Å². The predicted molar refractivity (Wildman–Crippen MR) is 52.2 cm³/mol. The third-order valence-electron chi connectivity index (χ3n) is 2.75. The number of likely N-dealkylation sites (tertiary alicyclic amines) is 1. The molecule has 4 nitrogen and oxygen atoms in total. The van der Waals surface area contributed by atoms with E-state index in [4.69, 9.17) is 4.55 Å². The molecule has 6 heteroatoms. The maximum Gasteiger partial charge on any atom is 1.00 e. The molecule has 0 aromatic rings. The van der Waals surface area contributed by atoms with Gasteiger partial charge in [0, 0.05) is 19.3 Å². The summed E-state index contributed by atoms with van der Waals surface area (Å²) in [5, 5.41) is 0.